The van der Waals surface area contributed by atoms with Gasteiger partial charge in [0.15, 0.2) is 5.58 Å². The summed E-state index contributed by atoms with van der Waals surface area (Å²) in [4.78, 5) is 13.9. The Labute approximate surface area is 143 Å². The Hall–Kier alpha value is -1.20. The lowest BCUT2D eigenvalue weighted by Crippen LogP contribution is -2.40. The van der Waals surface area contributed by atoms with Crippen LogP contribution in [0.1, 0.15) is 34.6 Å². The van der Waals surface area contributed by atoms with Crippen molar-refractivity contribution in [1.29, 1.82) is 0 Å². The molecule has 0 radical (unpaired) electrons. The summed E-state index contributed by atoms with van der Waals surface area (Å²) in [6, 6.07) is 5.32. The molecule has 0 aliphatic carbocycles. The number of fused-ring (bicyclic) bond motifs is 1. The van der Waals surface area contributed by atoms with Crippen LogP contribution in [0.4, 0.5) is 10.7 Å². The largest absolute Gasteiger partial charge is 0.443 e. The first kappa shape index (κ1) is 17.2. The van der Waals surface area contributed by atoms with E-state index in [1.807, 2.05) is 40.7 Å². The number of nitrogens with zero attached hydrogens (tertiary/aromatic N) is 1. The van der Waals surface area contributed by atoms with E-state index in [0.29, 0.717) is 16.5 Å². The van der Waals surface area contributed by atoms with Crippen molar-refractivity contribution in [3.63, 3.8) is 0 Å². The number of halogens is 2. The number of ether oxygens (including phenoxy) is 1. The maximum atomic E-state index is 12.4. The van der Waals surface area contributed by atoms with Gasteiger partial charge in [-0.1, -0.05) is 27.5 Å². The molecule has 1 heterocycles. The number of carbonyl (C=O) groups is 1. The van der Waals surface area contributed by atoms with Crippen LogP contribution in [0, 0.1) is 0 Å². The topological polar surface area (TPSA) is 42.7 Å². The van der Waals surface area contributed by atoms with E-state index in [2.05, 4.69) is 15.9 Å². The van der Waals surface area contributed by atoms with Crippen LogP contribution in [-0.2, 0) is 4.74 Å². The third-order valence-corrected chi connectivity index (χ3v) is 3.61. The number of benzene rings is 1. The van der Waals surface area contributed by atoms with Crippen molar-refractivity contribution in [3.8, 4) is 0 Å². The maximum Gasteiger partial charge on any atom is 0.417 e. The van der Waals surface area contributed by atoms with Gasteiger partial charge < -0.3 is 9.15 Å². The van der Waals surface area contributed by atoms with E-state index >= 15 is 0 Å². The first-order valence-electron chi connectivity index (χ1n) is 6.99. The molecular formula is C16H19BrClNO3. The first-order valence-corrected chi connectivity index (χ1v) is 8.16. The smallest absolute Gasteiger partial charge is 0.417 e. The van der Waals surface area contributed by atoms with Crippen molar-refractivity contribution >= 4 is 50.5 Å². The summed E-state index contributed by atoms with van der Waals surface area (Å²) in [5.41, 5.74) is -0.0224. The van der Waals surface area contributed by atoms with E-state index < -0.39 is 11.7 Å². The highest BCUT2D eigenvalue weighted by Gasteiger charge is 2.28. The molecule has 4 nitrogen and oxygen atoms in total. The monoisotopic (exact) mass is 387 g/mol. The second-order valence-corrected chi connectivity index (χ2v) is 7.66. The van der Waals surface area contributed by atoms with E-state index in [0.717, 1.165) is 9.86 Å². The predicted octanol–water partition coefficient (Wildman–Crippen LogP) is 6.00. The van der Waals surface area contributed by atoms with E-state index in [1.54, 1.807) is 12.1 Å². The fourth-order valence-electron chi connectivity index (χ4n) is 2.05. The molecule has 0 aliphatic heterocycles. The zero-order chi connectivity index (χ0) is 16.7. The van der Waals surface area contributed by atoms with Crippen molar-refractivity contribution in [2.45, 2.75) is 46.3 Å². The Bertz CT molecular complexity index is 703. The van der Waals surface area contributed by atoms with Gasteiger partial charge in [-0.25, -0.2) is 9.69 Å². The van der Waals surface area contributed by atoms with Gasteiger partial charge in [0.25, 0.3) is 0 Å². The Morgan fingerprint density at radius 3 is 2.50 bits per heavy atom. The SMILES string of the molecule is CC(C)N(C(=O)OC(C)(C)C)c1cc2cc(Br)cc(Cl)c2o1. The number of carbonyl (C=O) groups excluding carboxylic acids is 1. The number of amides is 1. The van der Waals surface area contributed by atoms with Crippen LogP contribution < -0.4 is 4.90 Å². The number of rotatable bonds is 2. The summed E-state index contributed by atoms with van der Waals surface area (Å²) in [5.74, 6) is 0.416. The molecule has 1 aromatic heterocycles. The minimum atomic E-state index is -0.573. The van der Waals surface area contributed by atoms with Crippen molar-refractivity contribution in [3.05, 3.63) is 27.7 Å². The van der Waals surface area contributed by atoms with Gasteiger partial charge in [-0.3, -0.25) is 0 Å². The summed E-state index contributed by atoms with van der Waals surface area (Å²) < 4.78 is 12.1. The number of hydrogen-bond donors (Lipinski definition) is 0. The minimum Gasteiger partial charge on any atom is -0.443 e. The summed E-state index contributed by atoms with van der Waals surface area (Å²) in [5, 5.41) is 1.31. The molecule has 0 saturated carbocycles. The molecule has 1 aromatic carbocycles. The molecule has 0 spiro atoms. The molecule has 2 rings (SSSR count). The molecule has 2 aromatic rings. The highest BCUT2D eigenvalue weighted by atomic mass is 79.9. The number of anilines is 1. The number of furan rings is 1. The molecule has 0 saturated heterocycles. The van der Waals surface area contributed by atoms with Crippen LogP contribution in [0.3, 0.4) is 0 Å². The van der Waals surface area contributed by atoms with E-state index in [-0.39, 0.29) is 6.04 Å². The number of hydrogen-bond acceptors (Lipinski definition) is 3. The lowest BCUT2D eigenvalue weighted by molar-refractivity contribution is 0.0564. The van der Waals surface area contributed by atoms with Gasteiger partial charge in [0.05, 0.1) is 5.02 Å². The van der Waals surface area contributed by atoms with Gasteiger partial charge in [-0.05, 0) is 46.8 Å². The summed E-state index contributed by atoms with van der Waals surface area (Å²) in [7, 11) is 0. The molecule has 0 bridgehead atoms. The molecule has 22 heavy (non-hydrogen) atoms. The normalized spacial score (nSPS) is 12.0. The lowest BCUT2D eigenvalue weighted by Gasteiger charge is -2.28. The van der Waals surface area contributed by atoms with Gasteiger partial charge in [0, 0.05) is 22.0 Å². The molecule has 0 unspecified atom stereocenters. The molecule has 120 valence electrons. The van der Waals surface area contributed by atoms with E-state index in [9.17, 15) is 4.79 Å². The zero-order valence-electron chi connectivity index (χ0n) is 13.2. The predicted molar refractivity (Wildman–Crippen MR) is 92.8 cm³/mol. The highest BCUT2D eigenvalue weighted by molar-refractivity contribution is 9.10. The molecule has 6 heteroatoms. The third kappa shape index (κ3) is 3.76. The molecule has 0 fully saturated rings. The van der Waals surface area contributed by atoms with Gasteiger partial charge in [0.2, 0.25) is 5.88 Å². The minimum absolute atomic E-state index is 0.113. The van der Waals surface area contributed by atoms with Crippen molar-refractivity contribution in [2.75, 3.05) is 4.90 Å². The van der Waals surface area contributed by atoms with E-state index in [4.69, 9.17) is 20.8 Å². The molecular weight excluding hydrogens is 370 g/mol. The molecule has 0 atom stereocenters. The first-order chi connectivity index (χ1) is 10.1. The van der Waals surface area contributed by atoms with Crippen LogP contribution in [-0.4, -0.2) is 17.7 Å². The standard InChI is InChI=1S/C16H19BrClNO3/c1-9(2)19(15(20)22-16(3,4)5)13-7-10-6-11(17)8-12(18)14(10)21-13/h6-9H,1-5H3. The van der Waals surface area contributed by atoms with Crippen molar-refractivity contribution in [2.24, 2.45) is 0 Å². The quantitative estimate of drug-likeness (QED) is 0.633. The van der Waals surface area contributed by atoms with E-state index in [1.165, 1.54) is 4.90 Å². The van der Waals surface area contributed by atoms with Crippen LogP contribution in [0.15, 0.2) is 27.1 Å². The molecule has 0 aliphatic rings. The third-order valence-electron chi connectivity index (χ3n) is 2.87. The molecule has 1 amide bonds. The van der Waals surface area contributed by atoms with Crippen LogP contribution in [0.2, 0.25) is 5.02 Å². The average Bonchev–Trinajstić information content (AvgIpc) is 2.69. The fourth-order valence-corrected chi connectivity index (χ4v) is 2.92. The van der Waals surface area contributed by atoms with Crippen molar-refractivity contribution in [1.82, 2.24) is 0 Å². The Morgan fingerprint density at radius 2 is 1.95 bits per heavy atom. The summed E-state index contributed by atoms with van der Waals surface area (Å²) in [6.45, 7) is 9.28. The van der Waals surface area contributed by atoms with Crippen LogP contribution in [0.5, 0.6) is 0 Å². The molecule has 0 N–H and O–H groups in total. The maximum absolute atomic E-state index is 12.4. The van der Waals surface area contributed by atoms with Gasteiger partial charge in [-0.15, -0.1) is 0 Å². The Morgan fingerprint density at radius 1 is 1.32 bits per heavy atom. The summed E-state index contributed by atoms with van der Waals surface area (Å²) >= 11 is 9.58. The second-order valence-electron chi connectivity index (χ2n) is 6.33. The van der Waals surface area contributed by atoms with Gasteiger partial charge in [0.1, 0.15) is 5.60 Å². The lowest BCUT2D eigenvalue weighted by atomic mass is 10.2. The highest BCUT2D eigenvalue weighted by Crippen LogP contribution is 2.35. The Kier molecular flexibility index (Phi) is 4.78. The second kappa shape index (κ2) is 6.13. The summed E-state index contributed by atoms with van der Waals surface area (Å²) in [6.07, 6.45) is -0.447. The van der Waals surface area contributed by atoms with Crippen molar-refractivity contribution < 1.29 is 13.9 Å². The average molecular weight is 389 g/mol. The fraction of sp³-hybridized carbons (Fsp3) is 0.438. The van der Waals surface area contributed by atoms with Crippen LogP contribution in [0.25, 0.3) is 11.0 Å². The van der Waals surface area contributed by atoms with Crippen LogP contribution >= 0.6 is 27.5 Å². The van der Waals surface area contributed by atoms with Gasteiger partial charge in [-0.2, -0.15) is 0 Å². The zero-order valence-corrected chi connectivity index (χ0v) is 15.6. The Balaban J connectivity index is 2.45. The van der Waals surface area contributed by atoms with Gasteiger partial charge >= 0.3 is 6.09 Å².